The van der Waals surface area contributed by atoms with Gasteiger partial charge in [-0.15, -0.1) is 0 Å². The standard InChI is InChI=1S/C11H24N2/c1-11(2,3)8-13(4)10(7-12)9-5-6-9/h9-10H,5-8,12H2,1-4H3. The predicted molar refractivity (Wildman–Crippen MR) is 57.7 cm³/mol. The van der Waals surface area contributed by atoms with Crippen molar-refractivity contribution in [3.8, 4) is 0 Å². The van der Waals surface area contributed by atoms with Gasteiger partial charge in [0.25, 0.3) is 0 Å². The van der Waals surface area contributed by atoms with Gasteiger partial charge in [0, 0.05) is 19.1 Å². The monoisotopic (exact) mass is 184 g/mol. The van der Waals surface area contributed by atoms with Crippen LogP contribution in [0.3, 0.4) is 0 Å². The van der Waals surface area contributed by atoms with Gasteiger partial charge in [0.15, 0.2) is 0 Å². The van der Waals surface area contributed by atoms with E-state index in [0.29, 0.717) is 11.5 Å². The minimum Gasteiger partial charge on any atom is -0.329 e. The molecule has 13 heavy (non-hydrogen) atoms. The Labute approximate surface area is 82.5 Å². The average Bonchev–Trinajstić information content (AvgIpc) is 2.68. The lowest BCUT2D eigenvalue weighted by Crippen LogP contribution is -2.43. The number of nitrogens with two attached hydrogens (primary N) is 1. The lowest BCUT2D eigenvalue weighted by atomic mass is 9.95. The smallest absolute Gasteiger partial charge is 0.0243 e. The van der Waals surface area contributed by atoms with E-state index in [4.69, 9.17) is 5.73 Å². The number of hydrogen-bond donors (Lipinski definition) is 1. The van der Waals surface area contributed by atoms with Gasteiger partial charge in [-0.2, -0.15) is 0 Å². The summed E-state index contributed by atoms with van der Waals surface area (Å²) in [5.74, 6) is 0.886. The van der Waals surface area contributed by atoms with Crippen LogP contribution in [0.2, 0.25) is 0 Å². The highest BCUT2D eigenvalue weighted by Gasteiger charge is 2.33. The molecule has 1 saturated carbocycles. The highest BCUT2D eigenvalue weighted by molar-refractivity contribution is 4.88. The second-order valence-corrected chi connectivity index (χ2v) is 5.62. The van der Waals surface area contributed by atoms with Crippen LogP contribution in [0.5, 0.6) is 0 Å². The first-order valence-electron chi connectivity index (χ1n) is 5.34. The minimum atomic E-state index is 0.386. The highest BCUT2D eigenvalue weighted by atomic mass is 15.2. The van der Waals surface area contributed by atoms with Crippen molar-refractivity contribution in [2.75, 3.05) is 20.1 Å². The molecule has 2 N–H and O–H groups in total. The van der Waals surface area contributed by atoms with E-state index in [0.717, 1.165) is 19.0 Å². The SMILES string of the molecule is CN(CC(C)(C)C)C(CN)C1CC1. The van der Waals surface area contributed by atoms with Crippen LogP contribution in [-0.2, 0) is 0 Å². The number of rotatable bonds is 4. The van der Waals surface area contributed by atoms with Crippen molar-refractivity contribution in [1.82, 2.24) is 4.90 Å². The first-order chi connectivity index (χ1) is 5.94. The summed E-state index contributed by atoms with van der Waals surface area (Å²) in [6.07, 6.45) is 2.77. The first kappa shape index (κ1) is 11.0. The summed E-state index contributed by atoms with van der Waals surface area (Å²) in [5, 5.41) is 0. The molecule has 0 saturated heterocycles. The molecule has 1 unspecified atom stereocenters. The third-order valence-corrected chi connectivity index (χ3v) is 2.70. The van der Waals surface area contributed by atoms with Gasteiger partial charge < -0.3 is 10.6 Å². The van der Waals surface area contributed by atoms with E-state index in [1.807, 2.05) is 0 Å². The van der Waals surface area contributed by atoms with E-state index < -0.39 is 0 Å². The van der Waals surface area contributed by atoms with E-state index in [1.165, 1.54) is 12.8 Å². The van der Waals surface area contributed by atoms with Gasteiger partial charge in [-0.05, 0) is 31.2 Å². The fourth-order valence-corrected chi connectivity index (χ4v) is 2.08. The van der Waals surface area contributed by atoms with Crippen LogP contribution in [-0.4, -0.2) is 31.1 Å². The summed E-state index contributed by atoms with van der Waals surface area (Å²) in [7, 11) is 2.21. The molecule has 0 spiro atoms. The Morgan fingerprint density at radius 3 is 2.23 bits per heavy atom. The van der Waals surface area contributed by atoms with Gasteiger partial charge in [-0.3, -0.25) is 0 Å². The van der Waals surface area contributed by atoms with Crippen LogP contribution in [0.15, 0.2) is 0 Å². The summed E-state index contributed by atoms with van der Waals surface area (Å²) < 4.78 is 0. The molecule has 1 aliphatic rings. The highest BCUT2D eigenvalue weighted by Crippen LogP contribution is 2.35. The maximum absolute atomic E-state index is 5.79. The van der Waals surface area contributed by atoms with Crippen LogP contribution in [0, 0.1) is 11.3 Å². The predicted octanol–water partition coefficient (Wildman–Crippen LogP) is 1.70. The Kier molecular flexibility index (Phi) is 3.36. The zero-order chi connectivity index (χ0) is 10.1. The van der Waals surface area contributed by atoms with Crippen molar-refractivity contribution in [2.24, 2.45) is 17.1 Å². The number of likely N-dealkylation sites (N-methyl/N-ethyl adjacent to an activating group) is 1. The van der Waals surface area contributed by atoms with E-state index in [9.17, 15) is 0 Å². The molecule has 0 aliphatic heterocycles. The second-order valence-electron chi connectivity index (χ2n) is 5.62. The van der Waals surface area contributed by atoms with E-state index >= 15 is 0 Å². The van der Waals surface area contributed by atoms with Gasteiger partial charge in [0.2, 0.25) is 0 Å². The molecule has 0 aromatic heterocycles. The molecule has 2 nitrogen and oxygen atoms in total. The Hall–Kier alpha value is -0.0800. The van der Waals surface area contributed by atoms with E-state index in [1.54, 1.807) is 0 Å². The second kappa shape index (κ2) is 3.97. The molecule has 0 amide bonds. The molecule has 1 rings (SSSR count). The third-order valence-electron chi connectivity index (χ3n) is 2.70. The molecule has 78 valence electrons. The van der Waals surface area contributed by atoms with Crippen LogP contribution in [0.1, 0.15) is 33.6 Å². The van der Waals surface area contributed by atoms with Gasteiger partial charge >= 0.3 is 0 Å². The van der Waals surface area contributed by atoms with Crippen molar-refractivity contribution >= 4 is 0 Å². The molecule has 0 bridgehead atoms. The van der Waals surface area contributed by atoms with Crippen LogP contribution in [0.25, 0.3) is 0 Å². The van der Waals surface area contributed by atoms with Crippen molar-refractivity contribution < 1.29 is 0 Å². The fourth-order valence-electron chi connectivity index (χ4n) is 2.08. The van der Waals surface area contributed by atoms with E-state index in [2.05, 4.69) is 32.7 Å². The fraction of sp³-hybridized carbons (Fsp3) is 1.00. The molecule has 0 radical (unpaired) electrons. The maximum Gasteiger partial charge on any atom is 0.0243 e. The lowest BCUT2D eigenvalue weighted by Gasteiger charge is -2.32. The van der Waals surface area contributed by atoms with Crippen LogP contribution < -0.4 is 5.73 Å². The molecule has 0 aromatic carbocycles. The van der Waals surface area contributed by atoms with Gasteiger partial charge in [0.1, 0.15) is 0 Å². The Morgan fingerprint density at radius 2 is 1.92 bits per heavy atom. The van der Waals surface area contributed by atoms with Crippen molar-refractivity contribution in [2.45, 2.75) is 39.7 Å². The molecule has 2 heteroatoms. The third kappa shape index (κ3) is 3.65. The normalized spacial score (nSPS) is 20.8. The minimum absolute atomic E-state index is 0.386. The van der Waals surface area contributed by atoms with Gasteiger partial charge in [0.05, 0.1) is 0 Å². The van der Waals surface area contributed by atoms with Crippen molar-refractivity contribution in [3.05, 3.63) is 0 Å². The Morgan fingerprint density at radius 1 is 1.38 bits per heavy atom. The lowest BCUT2D eigenvalue weighted by molar-refractivity contribution is 0.160. The quantitative estimate of drug-likeness (QED) is 0.720. The summed E-state index contributed by atoms with van der Waals surface area (Å²) in [6, 6.07) is 0.624. The van der Waals surface area contributed by atoms with Gasteiger partial charge in [-0.1, -0.05) is 20.8 Å². The molecule has 0 aromatic rings. The molecular weight excluding hydrogens is 160 g/mol. The Balaban J connectivity index is 2.39. The van der Waals surface area contributed by atoms with Crippen molar-refractivity contribution in [1.29, 1.82) is 0 Å². The summed E-state index contributed by atoms with van der Waals surface area (Å²) >= 11 is 0. The van der Waals surface area contributed by atoms with Gasteiger partial charge in [-0.25, -0.2) is 0 Å². The first-order valence-corrected chi connectivity index (χ1v) is 5.34. The molecular formula is C11H24N2. The molecule has 1 fully saturated rings. The average molecular weight is 184 g/mol. The topological polar surface area (TPSA) is 29.3 Å². The van der Waals surface area contributed by atoms with Crippen LogP contribution >= 0.6 is 0 Å². The number of hydrogen-bond acceptors (Lipinski definition) is 2. The molecule has 0 heterocycles. The summed E-state index contributed by atoms with van der Waals surface area (Å²) in [6.45, 7) is 8.81. The number of nitrogens with zero attached hydrogens (tertiary/aromatic N) is 1. The molecule has 1 atom stereocenters. The zero-order valence-electron chi connectivity index (χ0n) is 9.51. The van der Waals surface area contributed by atoms with Crippen LogP contribution in [0.4, 0.5) is 0 Å². The summed E-state index contributed by atoms with van der Waals surface area (Å²) in [5.41, 5.74) is 6.18. The van der Waals surface area contributed by atoms with E-state index in [-0.39, 0.29) is 0 Å². The zero-order valence-corrected chi connectivity index (χ0v) is 9.51. The summed E-state index contributed by atoms with van der Waals surface area (Å²) in [4.78, 5) is 2.44. The maximum atomic E-state index is 5.79. The van der Waals surface area contributed by atoms with Crippen molar-refractivity contribution in [3.63, 3.8) is 0 Å². The molecule has 1 aliphatic carbocycles. The Bertz CT molecular complexity index is 156. The largest absolute Gasteiger partial charge is 0.329 e.